The van der Waals surface area contributed by atoms with E-state index in [0.717, 1.165) is 31.8 Å². The Hall–Kier alpha value is -1.21. The standard InChI is InChI=1S/C12H21N5O/c1-2-17-6-7-18-10(8-17)11(16-14)9-4-3-5-15-12(9)13/h3-5,10-11,16H,2,6-8,14H2,1H3,(H2,13,15). The average molecular weight is 251 g/mol. The number of hydrogen-bond donors (Lipinski definition) is 3. The van der Waals surface area contributed by atoms with E-state index >= 15 is 0 Å². The van der Waals surface area contributed by atoms with Crippen LogP contribution in [0.1, 0.15) is 18.5 Å². The SMILES string of the molecule is CCN1CCOC(C(NN)c2cccnc2N)C1. The molecule has 0 bridgehead atoms. The molecule has 0 amide bonds. The highest BCUT2D eigenvalue weighted by atomic mass is 16.5. The van der Waals surface area contributed by atoms with Crippen molar-refractivity contribution in [3.05, 3.63) is 23.9 Å². The van der Waals surface area contributed by atoms with Gasteiger partial charge in [0.15, 0.2) is 0 Å². The van der Waals surface area contributed by atoms with Crippen molar-refractivity contribution in [3.63, 3.8) is 0 Å². The molecule has 6 nitrogen and oxygen atoms in total. The van der Waals surface area contributed by atoms with Crippen molar-refractivity contribution in [1.29, 1.82) is 0 Å². The van der Waals surface area contributed by atoms with Gasteiger partial charge in [0.2, 0.25) is 0 Å². The summed E-state index contributed by atoms with van der Waals surface area (Å²) in [5, 5.41) is 0. The van der Waals surface area contributed by atoms with Gasteiger partial charge in [-0.1, -0.05) is 13.0 Å². The Kier molecular flexibility index (Phi) is 4.48. The molecular formula is C12H21N5O. The maximum Gasteiger partial charge on any atom is 0.128 e. The fourth-order valence-electron chi connectivity index (χ4n) is 2.31. The summed E-state index contributed by atoms with van der Waals surface area (Å²) in [5.74, 6) is 6.16. The van der Waals surface area contributed by atoms with Gasteiger partial charge in [0.1, 0.15) is 5.82 Å². The molecule has 0 radical (unpaired) electrons. The molecular weight excluding hydrogens is 230 g/mol. The smallest absolute Gasteiger partial charge is 0.128 e. The summed E-state index contributed by atoms with van der Waals surface area (Å²) in [6.45, 7) is 5.69. The lowest BCUT2D eigenvalue weighted by molar-refractivity contribution is -0.0455. The van der Waals surface area contributed by atoms with Crippen molar-refractivity contribution < 1.29 is 4.74 Å². The predicted octanol–water partition coefficient (Wildman–Crippen LogP) is -0.111. The molecule has 1 aromatic rings. The number of ether oxygens (including phenoxy) is 1. The summed E-state index contributed by atoms with van der Waals surface area (Å²) < 4.78 is 5.80. The molecule has 18 heavy (non-hydrogen) atoms. The second-order valence-corrected chi connectivity index (χ2v) is 4.42. The number of likely N-dealkylation sites (N-methyl/N-ethyl adjacent to an activating group) is 1. The Balaban J connectivity index is 2.15. The number of nitrogen functional groups attached to an aromatic ring is 1. The van der Waals surface area contributed by atoms with Crippen LogP contribution < -0.4 is 17.0 Å². The van der Waals surface area contributed by atoms with Crippen LogP contribution in [0.2, 0.25) is 0 Å². The van der Waals surface area contributed by atoms with Crippen LogP contribution in [0, 0.1) is 0 Å². The highest BCUT2D eigenvalue weighted by Crippen LogP contribution is 2.24. The molecule has 1 aromatic heterocycles. The minimum Gasteiger partial charge on any atom is -0.383 e. The van der Waals surface area contributed by atoms with Crippen molar-refractivity contribution in [2.45, 2.75) is 19.1 Å². The zero-order chi connectivity index (χ0) is 13.0. The first kappa shape index (κ1) is 13.2. The van der Waals surface area contributed by atoms with Crippen LogP contribution in [-0.2, 0) is 4.74 Å². The van der Waals surface area contributed by atoms with Gasteiger partial charge in [-0.05, 0) is 12.6 Å². The van der Waals surface area contributed by atoms with Crippen molar-refractivity contribution >= 4 is 5.82 Å². The number of rotatable bonds is 4. The molecule has 0 spiro atoms. The largest absolute Gasteiger partial charge is 0.383 e. The van der Waals surface area contributed by atoms with Crippen molar-refractivity contribution in [2.75, 3.05) is 32.0 Å². The van der Waals surface area contributed by atoms with E-state index in [1.807, 2.05) is 12.1 Å². The highest BCUT2D eigenvalue weighted by Gasteiger charge is 2.29. The molecule has 0 aliphatic carbocycles. The molecule has 100 valence electrons. The molecule has 1 saturated heterocycles. The molecule has 2 heterocycles. The maximum atomic E-state index is 5.90. The average Bonchev–Trinajstić information content (AvgIpc) is 2.42. The van der Waals surface area contributed by atoms with E-state index < -0.39 is 0 Å². The number of pyridine rings is 1. The summed E-state index contributed by atoms with van der Waals surface area (Å²) in [6, 6.07) is 3.66. The van der Waals surface area contributed by atoms with Gasteiger partial charge in [0.05, 0.1) is 18.8 Å². The summed E-state index contributed by atoms with van der Waals surface area (Å²) >= 11 is 0. The van der Waals surface area contributed by atoms with E-state index in [-0.39, 0.29) is 12.1 Å². The third-order valence-electron chi connectivity index (χ3n) is 3.38. The minimum atomic E-state index is -0.131. The van der Waals surface area contributed by atoms with E-state index in [0.29, 0.717) is 5.82 Å². The van der Waals surface area contributed by atoms with Gasteiger partial charge in [-0.2, -0.15) is 0 Å². The van der Waals surface area contributed by atoms with Crippen LogP contribution in [0.5, 0.6) is 0 Å². The summed E-state index contributed by atoms with van der Waals surface area (Å²) in [4.78, 5) is 6.43. The first-order valence-corrected chi connectivity index (χ1v) is 6.26. The molecule has 1 aliphatic heterocycles. The Morgan fingerprint density at radius 3 is 3.17 bits per heavy atom. The topological polar surface area (TPSA) is 89.4 Å². The van der Waals surface area contributed by atoms with Crippen LogP contribution in [0.4, 0.5) is 5.82 Å². The number of anilines is 1. The number of hydrogen-bond acceptors (Lipinski definition) is 6. The lowest BCUT2D eigenvalue weighted by Gasteiger charge is -2.36. The van der Waals surface area contributed by atoms with Gasteiger partial charge >= 0.3 is 0 Å². The lowest BCUT2D eigenvalue weighted by Crippen LogP contribution is -2.49. The fraction of sp³-hybridized carbons (Fsp3) is 0.583. The molecule has 6 heteroatoms. The van der Waals surface area contributed by atoms with E-state index in [1.54, 1.807) is 6.20 Å². The number of aromatic nitrogens is 1. The van der Waals surface area contributed by atoms with Gasteiger partial charge in [-0.3, -0.25) is 16.2 Å². The monoisotopic (exact) mass is 251 g/mol. The van der Waals surface area contributed by atoms with Crippen molar-refractivity contribution in [2.24, 2.45) is 5.84 Å². The fourth-order valence-corrected chi connectivity index (χ4v) is 2.31. The van der Waals surface area contributed by atoms with Crippen LogP contribution in [-0.4, -0.2) is 42.2 Å². The van der Waals surface area contributed by atoms with Gasteiger partial charge in [0, 0.05) is 24.8 Å². The molecule has 1 aliphatic rings. The van der Waals surface area contributed by atoms with Gasteiger partial charge in [-0.15, -0.1) is 0 Å². The second kappa shape index (κ2) is 6.10. The first-order valence-electron chi connectivity index (χ1n) is 6.26. The molecule has 2 atom stereocenters. The summed E-state index contributed by atoms with van der Waals surface area (Å²) in [5.41, 5.74) is 9.59. The summed E-state index contributed by atoms with van der Waals surface area (Å²) in [6.07, 6.45) is 1.67. The highest BCUT2D eigenvalue weighted by molar-refractivity contribution is 5.41. The first-order chi connectivity index (χ1) is 8.76. The minimum absolute atomic E-state index is 0.00444. The van der Waals surface area contributed by atoms with E-state index in [1.165, 1.54) is 0 Å². The number of morpholine rings is 1. The van der Waals surface area contributed by atoms with Crippen molar-refractivity contribution in [3.8, 4) is 0 Å². The molecule has 2 unspecified atom stereocenters. The molecule has 2 rings (SSSR count). The number of nitrogens with zero attached hydrogens (tertiary/aromatic N) is 2. The van der Waals surface area contributed by atoms with Gasteiger partial charge < -0.3 is 10.5 Å². The maximum absolute atomic E-state index is 5.90. The lowest BCUT2D eigenvalue weighted by atomic mass is 10.0. The van der Waals surface area contributed by atoms with Crippen LogP contribution >= 0.6 is 0 Å². The van der Waals surface area contributed by atoms with Gasteiger partial charge in [0.25, 0.3) is 0 Å². The van der Waals surface area contributed by atoms with Gasteiger partial charge in [-0.25, -0.2) is 4.98 Å². The predicted molar refractivity (Wildman–Crippen MR) is 70.6 cm³/mol. The van der Waals surface area contributed by atoms with Crippen LogP contribution in [0.15, 0.2) is 18.3 Å². The Morgan fingerprint density at radius 2 is 2.50 bits per heavy atom. The Morgan fingerprint density at radius 1 is 1.67 bits per heavy atom. The zero-order valence-corrected chi connectivity index (χ0v) is 10.7. The zero-order valence-electron chi connectivity index (χ0n) is 10.7. The number of nitrogens with one attached hydrogen (secondary N) is 1. The number of nitrogens with two attached hydrogens (primary N) is 2. The third-order valence-corrected chi connectivity index (χ3v) is 3.38. The molecule has 0 saturated carbocycles. The second-order valence-electron chi connectivity index (χ2n) is 4.42. The molecule has 5 N–H and O–H groups in total. The van der Waals surface area contributed by atoms with E-state index in [4.69, 9.17) is 16.3 Å². The Bertz CT molecular complexity index is 386. The Labute approximate surface area is 107 Å². The molecule has 0 aromatic carbocycles. The third kappa shape index (κ3) is 2.78. The molecule has 1 fully saturated rings. The normalized spacial score (nSPS) is 22.9. The van der Waals surface area contributed by atoms with E-state index in [2.05, 4.69) is 22.2 Å². The van der Waals surface area contributed by atoms with Crippen molar-refractivity contribution in [1.82, 2.24) is 15.3 Å². The van der Waals surface area contributed by atoms with Crippen LogP contribution in [0.3, 0.4) is 0 Å². The summed E-state index contributed by atoms with van der Waals surface area (Å²) in [7, 11) is 0. The quantitative estimate of drug-likeness (QED) is 0.511. The number of hydrazine groups is 1. The van der Waals surface area contributed by atoms with E-state index in [9.17, 15) is 0 Å². The van der Waals surface area contributed by atoms with Crippen LogP contribution in [0.25, 0.3) is 0 Å².